The minimum atomic E-state index is -0.102. The topological polar surface area (TPSA) is 55.6 Å². The second-order valence-corrected chi connectivity index (χ2v) is 5.58. The van der Waals surface area contributed by atoms with Gasteiger partial charge in [-0.15, -0.1) is 0 Å². The lowest BCUT2D eigenvalue weighted by Gasteiger charge is -2.17. The molecule has 0 bridgehead atoms. The first-order valence-corrected chi connectivity index (χ1v) is 7.30. The van der Waals surface area contributed by atoms with Crippen LogP contribution >= 0.6 is 15.9 Å². The summed E-state index contributed by atoms with van der Waals surface area (Å²) in [5.41, 5.74) is 8.11. The summed E-state index contributed by atoms with van der Waals surface area (Å²) < 4.78 is 6.46. The molecule has 2 N–H and O–H groups in total. The van der Waals surface area contributed by atoms with E-state index in [9.17, 15) is 4.79 Å². The SMILES string of the molecule is CN(C(=O)COCc1cccc(Br)c1)c1ccc(N)cc1. The summed E-state index contributed by atoms with van der Waals surface area (Å²) in [6.45, 7) is 0.439. The quantitative estimate of drug-likeness (QED) is 0.844. The molecule has 0 heterocycles. The summed E-state index contributed by atoms with van der Waals surface area (Å²) in [6, 6.07) is 15.0. The molecule has 0 saturated carbocycles. The molecule has 4 nitrogen and oxygen atoms in total. The monoisotopic (exact) mass is 348 g/mol. The van der Waals surface area contributed by atoms with Crippen LogP contribution in [0.25, 0.3) is 0 Å². The van der Waals surface area contributed by atoms with Gasteiger partial charge in [0, 0.05) is 22.9 Å². The lowest BCUT2D eigenvalue weighted by Crippen LogP contribution is -2.30. The molecule has 5 heteroatoms. The van der Waals surface area contributed by atoms with Crippen molar-refractivity contribution in [1.29, 1.82) is 0 Å². The highest BCUT2D eigenvalue weighted by Gasteiger charge is 2.10. The van der Waals surface area contributed by atoms with Gasteiger partial charge in [-0.3, -0.25) is 4.79 Å². The van der Waals surface area contributed by atoms with Crippen molar-refractivity contribution in [2.75, 3.05) is 24.3 Å². The third-order valence-corrected chi connectivity index (χ3v) is 3.53. The molecule has 2 aromatic rings. The summed E-state index contributed by atoms with van der Waals surface area (Å²) in [5.74, 6) is -0.102. The molecule has 110 valence electrons. The molecule has 0 saturated heterocycles. The highest BCUT2D eigenvalue weighted by atomic mass is 79.9. The van der Waals surface area contributed by atoms with Gasteiger partial charge in [0.15, 0.2) is 0 Å². The number of carbonyl (C=O) groups excluding carboxylic acids is 1. The predicted molar refractivity (Wildman–Crippen MR) is 88.1 cm³/mol. The molecule has 0 aliphatic rings. The predicted octanol–water partition coefficient (Wildman–Crippen LogP) is 3.21. The van der Waals surface area contributed by atoms with Crippen molar-refractivity contribution in [3.05, 3.63) is 58.6 Å². The lowest BCUT2D eigenvalue weighted by molar-refractivity contribution is -0.123. The Morgan fingerprint density at radius 3 is 2.62 bits per heavy atom. The normalized spacial score (nSPS) is 10.4. The number of nitrogens with zero attached hydrogens (tertiary/aromatic N) is 1. The number of amides is 1. The van der Waals surface area contributed by atoms with Crippen LogP contribution in [0.1, 0.15) is 5.56 Å². The van der Waals surface area contributed by atoms with Crippen molar-refractivity contribution in [2.45, 2.75) is 6.61 Å². The van der Waals surface area contributed by atoms with Gasteiger partial charge in [0.25, 0.3) is 5.91 Å². The van der Waals surface area contributed by atoms with Crippen LogP contribution in [-0.2, 0) is 16.1 Å². The number of hydrogen-bond acceptors (Lipinski definition) is 3. The highest BCUT2D eigenvalue weighted by Crippen LogP contribution is 2.15. The van der Waals surface area contributed by atoms with Gasteiger partial charge in [-0.1, -0.05) is 28.1 Å². The number of benzene rings is 2. The van der Waals surface area contributed by atoms with E-state index in [-0.39, 0.29) is 12.5 Å². The standard InChI is InChI=1S/C16H17BrN2O2/c1-19(15-7-5-14(18)6-8-15)16(20)11-21-10-12-3-2-4-13(17)9-12/h2-9H,10-11,18H2,1H3. The summed E-state index contributed by atoms with van der Waals surface area (Å²) >= 11 is 3.40. The van der Waals surface area contributed by atoms with Gasteiger partial charge in [-0.05, 0) is 42.0 Å². The van der Waals surface area contributed by atoms with Crippen LogP contribution in [0.2, 0.25) is 0 Å². The largest absolute Gasteiger partial charge is 0.399 e. The fourth-order valence-electron chi connectivity index (χ4n) is 1.82. The Morgan fingerprint density at radius 1 is 1.24 bits per heavy atom. The van der Waals surface area contributed by atoms with Crippen molar-refractivity contribution in [3.63, 3.8) is 0 Å². The van der Waals surface area contributed by atoms with Crippen LogP contribution in [0.4, 0.5) is 11.4 Å². The van der Waals surface area contributed by atoms with Gasteiger partial charge in [0.05, 0.1) is 6.61 Å². The number of ether oxygens (including phenoxy) is 1. The Kier molecular flexibility index (Phi) is 5.36. The molecule has 0 aromatic heterocycles. The van der Waals surface area contributed by atoms with Crippen LogP contribution in [0.3, 0.4) is 0 Å². The maximum Gasteiger partial charge on any atom is 0.252 e. The first-order valence-electron chi connectivity index (χ1n) is 6.50. The van der Waals surface area contributed by atoms with Crippen molar-refractivity contribution in [2.24, 2.45) is 0 Å². The first kappa shape index (κ1) is 15.5. The first-order chi connectivity index (χ1) is 10.1. The van der Waals surface area contributed by atoms with Crippen molar-refractivity contribution in [3.8, 4) is 0 Å². The van der Waals surface area contributed by atoms with Crippen LogP contribution < -0.4 is 10.6 Å². The number of nitrogens with two attached hydrogens (primary N) is 1. The molecule has 2 rings (SSSR count). The van der Waals surface area contributed by atoms with Gasteiger partial charge in [0.2, 0.25) is 0 Å². The number of rotatable bonds is 5. The van der Waals surface area contributed by atoms with E-state index in [1.54, 1.807) is 24.1 Å². The molecule has 0 radical (unpaired) electrons. The van der Waals surface area contributed by atoms with E-state index in [1.165, 1.54) is 0 Å². The zero-order chi connectivity index (χ0) is 15.2. The fraction of sp³-hybridized carbons (Fsp3) is 0.188. The molecular weight excluding hydrogens is 332 g/mol. The molecule has 0 aliphatic heterocycles. The Morgan fingerprint density at radius 2 is 1.95 bits per heavy atom. The van der Waals surface area contributed by atoms with Crippen LogP contribution in [-0.4, -0.2) is 19.6 Å². The van der Waals surface area contributed by atoms with Crippen LogP contribution in [0, 0.1) is 0 Å². The third kappa shape index (κ3) is 4.58. The molecule has 0 unspecified atom stereocenters. The van der Waals surface area contributed by atoms with E-state index < -0.39 is 0 Å². The smallest absolute Gasteiger partial charge is 0.252 e. The van der Waals surface area contributed by atoms with Crippen molar-refractivity contribution >= 4 is 33.2 Å². The molecule has 0 spiro atoms. The number of likely N-dealkylation sites (N-methyl/N-ethyl adjacent to an activating group) is 1. The van der Waals surface area contributed by atoms with Crippen LogP contribution in [0.15, 0.2) is 53.0 Å². The molecule has 0 fully saturated rings. The Hall–Kier alpha value is -1.85. The average molecular weight is 349 g/mol. The zero-order valence-electron chi connectivity index (χ0n) is 11.8. The van der Waals surface area contributed by atoms with Crippen molar-refractivity contribution < 1.29 is 9.53 Å². The van der Waals surface area contributed by atoms with E-state index in [1.807, 2.05) is 36.4 Å². The van der Waals surface area contributed by atoms with Gasteiger partial charge in [0.1, 0.15) is 6.61 Å². The second-order valence-electron chi connectivity index (χ2n) is 4.67. The lowest BCUT2D eigenvalue weighted by atomic mass is 10.2. The van der Waals surface area contributed by atoms with E-state index in [0.29, 0.717) is 12.3 Å². The van der Waals surface area contributed by atoms with E-state index in [0.717, 1.165) is 15.7 Å². The summed E-state index contributed by atoms with van der Waals surface area (Å²) in [5, 5.41) is 0. The summed E-state index contributed by atoms with van der Waals surface area (Å²) in [4.78, 5) is 13.6. The van der Waals surface area contributed by atoms with E-state index in [4.69, 9.17) is 10.5 Å². The minimum Gasteiger partial charge on any atom is -0.399 e. The maximum atomic E-state index is 12.0. The Bertz CT molecular complexity index is 614. The number of anilines is 2. The van der Waals surface area contributed by atoms with Gasteiger partial charge >= 0.3 is 0 Å². The van der Waals surface area contributed by atoms with E-state index in [2.05, 4.69) is 15.9 Å². The molecule has 21 heavy (non-hydrogen) atoms. The maximum absolute atomic E-state index is 12.0. The number of nitrogen functional groups attached to an aromatic ring is 1. The van der Waals surface area contributed by atoms with Gasteiger partial charge in [-0.2, -0.15) is 0 Å². The van der Waals surface area contributed by atoms with Gasteiger partial charge < -0.3 is 15.4 Å². The minimum absolute atomic E-state index is 0.0351. The van der Waals surface area contributed by atoms with Crippen LogP contribution in [0.5, 0.6) is 0 Å². The molecule has 2 aromatic carbocycles. The number of halogens is 1. The third-order valence-electron chi connectivity index (χ3n) is 3.04. The number of carbonyl (C=O) groups is 1. The molecule has 0 atom stereocenters. The van der Waals surface area contributed by atoms with E-state index >= 15 is 0 Å². The summed E-state index contributed by atoms with van der Waals surface area (Å²) in [7, 11) is 1.72. The zero-order valence-corrected chi connectivity index (χ0v) is 13.3. The van der Waals surface area contributed by atoms with Crippen molar-refractivity contribution in [1.82, 2.24) is 0 Å². The highest BCUT2D eigenvalue weighted by molar-refractivity contribution is 9.10. The Balaban J connectivity index is 1.85. The molecule has 1 amide bonds. The second kappa shape index (κ2) is 7.24. The summed E-state index contributed by atoms with van der Waals surface area (Å²) in [6.07, 6.45) is 0. The van der Waals surface area contributed by atoms with Gasteiger partial charge in [-0.25, -0.2) is 0 Å². The number of hydrogen-bond donors (Lipinski definition) is 1. The Labute approximate surface area is 132 Å². The molecule has 0 aliphatic carbocycles. The average Bonchev–Trinajstić information content (AvgIpc) is 2.47. The fourth-order valence-corrected chi connectivity index (χ4v) is 2.27. The molecular formula is C16H17BrN2O2.